The third-order valence-corrected chi connectivity index (χ3v) is 3.26. The predicted molar refractivity (Wildman–Crippen MR) is 80.8 cm³/mol. The number of pyridine rings is 1. The molecule has 0 amide bonds. The summed E-state index contributed by atoms with van der Waals surface area (Å²) in [4.78, 5) is 27.4. The van der Waals surface area contributed by atoms with Gasteiger partial charge in [-0.2, -0.15) is 0 Å². The molecule has 3 rings (SSSR count). The number of nitrogens with two attached hydrogens (primary N) is 1. The van der Waals surface area contributed by atoms with Crippen LogP contribution in [-0.2, 0) is 0 Å². The quantitative estimate of drug-likeness (QED) is 0.443. The summed E-state index contributed by atoms with van der Waals surface area (Å²) in [6, 6.07) is 7.58. The van der Waals surface area contributed by atoms with Gasteiger partial charge in [-0.25, -0.2) is 9.59 Å². The molecule has 0 saturated heterocycles. The van der Waals surface area contributed by atoms with Crippen molar-refractivity contribution in [3.05, 3.63) is 64.3 Å². The molecule has 0 aliphatic heterocycles. The second-order valence-electron chi connectivity index (χ2n) is 4.71. The minimum Gasteiger partial charge on any atom is -0.423 e. The van der Waals surface area contributed by atoms with Crippen molar-refractivity contribution in [2.24, 2.45) is 0 Å². The van der Waals surface area contributed by atoms with Crippen LogP contribution >= 0.6 is 0 Å². The molecule has 0 aliphatic rings. The summed E-state index contributed by atoms with van der Waals surface area (Å²) < 4.78 is 10.5. The molecule has 2 N–H and O–H groups in total. The lowest BCUT2D eigenvalue weighted by atomic mass is 10.1. The van der Waals surface area contributed by atoms with Gasteiger partial charge >= 0.3 is 11.6 Å². The van der Waals surface area contributed by atoms with Crippen LogP contribution in [0.4, 0.5) is 5.69 Å². The Morgan fingerprint density at radius 3 is 2.68 bits per heavy atom. The van der Waals surface area contributed by atoms with Gasteiger partial charge in [-0.1, -0.05) is 0 Å². The molecule has 6 heteroatoms. The van der Waals surface area contributed by atoms with Crippen molar-refractivity contribution in [2.75, 3.05) is 5.73 Å². The zero-order valence-corrected chi connectivity index (χ0v) is 11.7. The first-order valence-corrected chi connectivity index (χ1v) is 6.51. The van der Waals surface area contributed by atoms with Crippen molar-refractivity contribution in [2.45, 2.75) is 6.92 Å². The lowest BCUT2D eigenvalue weighted by Gasteiger charge is -2.09. The van der Waals surface area contributed by atoms with Gasteiger partial charge in [-0.05, 0) is 31.2 Å². The first-order chi connectivity index (χ1) is 10.6. The Hall–Kier alpha value is -3.15. The average Bonchev–Trinajstić information content (AvgIpc) is 2.51. The minimum absolute atomic E-state index is 0.308. The summed E-state index contributed by atoms with van der Waals surface area (Å²) in [5, 5.41) is 0.598. The Balaban J connectivity index is 2.04. The van der Waals surface area contributed by atoms with E-state index in [1.807, 2.05) is 0 Å². The number of hydrogen-bond acceptors (Lipinski definition) is 6. The van der Waals surface area contributed by atoms with Gasteiger partial charge in [0, 0.05) is 35.1 Å². The van der Waals surface area contributed by atoms with Gasteiger partial charge in [0.25, 0.3) is 0 Å². The van der Waals surface area contributed by atoms with Crippen LogP contribution in [0.15, 0.2) is 51.9 Å². The molecule has 0 fully saturated rings. The van der Waals surface area contributed by atoms with Gasteiger partial charge in [-0.15, -0.1) is 0 Å². The standard InChI is InChI=1S/C16H12N2O4/c1-9-13(21-16(20)10-4-6-18-7-5-10)3-2-11-12(17)8-14(19)22-15(9)11/h2-8H,17H2,1H3. The number of carbonyl (C=O) groups is 1. The van der Waals surface area contributed by atoms with Gasteiger partial charge in [-0.3, -0.25) is 4.98 Å². The zero-order valence-electron chi connectivity index (χ0n) is 11.7. The molecule has 0 radical (unpaired) electrons. The number of nitrogens with zero attached hydrogens (tertiary/aromatic N) is 1. The number of aromatic nitrogens is 1. The molecule has 0 atom stereocenters. The Bertz CT molecular complexity index is 917. The first-order valence-electron chi connectivity index (χ1n) is 6.51. The smallest absolute Gasteiger partial charge is 0.343 e. The molecule has 0 spiro atoms. The number of anilines is 1. The van der Waals surface area contributed by atoms with Crippen LogP contribution in [0.5, 0.6) is 5.75 Å². The maximum absolute atomic E-state index is 12.1. The summed E-state index contributed by atoms with van der Waals surface area (Å²) in [5.74, 6) is -0.209. The molecule has 3 aromatic rings. The minimum atomic E-state index is -0.550. The number of ether oxygens (including phenoxy) is 1. The molecule has 2 aromatic heterocycles. The number of benzene rings is 1. The van der Waals surface area contributed by atoms with Crippen molar-refractivity contribution in [1.29, 1.82) is 0 Å². The van der Waals surface area contributed by atoms with Crippen LogP contribution in [0.2, 0.25) is 0 Å². The highest BCUT2D eigenvalue weighted by Crippen LogP contribution is 2.29. The van der Waals surface area contributed by atoms with Crippen molar-refractivity contribution < 1.29 is 13.9 Å². The van der Waals surface area contributed by atoms with Crippen LogP contribution < -0.4 is 16.1 Å². The third-order valence-electron chi connectivity index (χ3n) is 3.26. The highest BCUT2D eigenvalue weighted by molar-refractivity contribution is 5.94. The van der Waals surface area contributed by atoms with E-state index in [-0.39, 0.29) is 0 Å². The molecule has 110 valence electrons. The summed E-state index contributed by atoms with van der Waals surface area (Å²) in [6.07, 6.45) is 3.01. The Labute approximate surface area is 125 Å². The fourth-order valence-corrected chi connectivity index (χ4v) is 2.12. The number of fused-ring (bicyclic) bond motifs is 1. The monoisotopic (exact) mass is 296 g/mol. The van der Waals surface area contributed by atoms with Gasteiger partial charge in [0.05, 0.1) is 5.56 Å². The van der Waals surface area contributed by atoms with Crippen LogP contribution in [0.25, 0.3) is 11.0 Å². The molecule has 2 heterocycles. The maximum atomic E-state index is 12.1. The molecule has 22 heavy (non-hydrogen) atoms. The SMILES string of the molecule is Cc1c(OC(=O)c2ccncc2)ccc2c(N)cc(=O)oc12. The second kappa shape index (κ2) is 5.33. The van der Waals surface area contributed by atoms with Crippen molar-refractivity contribution in [3.63, 3.8) is 0 Å². The summed E-state index contributed by atoms with van der Waals surface area (Å²) >= 11 is 0. The van der Waals surface area contributed by atoms with Gasteiger partial charge in [0.2, 0.25) is 0 Å². The van der Waals surface area contributed by atoms with E-state index < -0.39 is 11.6 Å². The van der Waals surface area contributed by atoms with E-state index in [0.29, 0.717) is 33.5 Å². The summed E-state index contributed by atoms with van der Waals surface area (Å²) in [6.45, 7) is 1.69. The number of esters is 1. The van der Waals surface area contributed by atoms with E-state index in [9.17, 15) is 9.59 Å². The van der Waals surface area contributed by atoms with Gasteiger partial charge in [0.15, 0.2) is 0 Å². The van der Waals surface area contributed by atoms with E-state index in [0.717, 1.165) is 0 Å². The molecule has 0 aliphatic carbocycles. The topological polar surface area (TPSA) is 95.4 Å². The predicted octanol–water partition coefficient (Wildman–Crippen LogP) is 2.30. The number of rotatable bonds is 2. The second-order valence-corrected chi connectivity index (χ2v) is 4.71. The van der Waals surface area contributed by atoms with Crippen LogP contribution in [0.1, 0.15) is 15.9 Å². The highest BCUT2D eigenvalue weighted by atomic mass is 16.5. The first kappa shape index (κ1) is 13.8. The molecule has 1 aromatic carbocycles. The highest BCUT2D eigenvalue weighted by Gasteiger charge is 2.14. The Kier molecular flexibility index (Phi) is 3.34. The lowest BCUT2D eigenvalue weighted by Crippen LogP contribution is -2.10. The van der Waals surface area contributed by atoms with E-state index in [1.165, 1.54) is 18.5 Å². The molecular formula is C16H12N2O4. The summed E-state index contributed by atoms with van der Waals surface area (Å²) in [7, 11) is 0. The van der Waals surface area contributed by atoms with Crippen LogP contribution in [0.3, 0.4) is 0 Å². The number of nitrogen functional groups attached to an aromatic ring is 1. The van der Waals surface area contributed by atoms with E-state index in [2.05, 4.69) is 4.98 Å². The molecule has 0 saturated carbocycles. The number of aryl methyl sites for hydroxylation is 1. The fraction of sp³-hybridized carbons (Fsp3) is 0.0625. The largest absolute Gasteiger partial charge is 0.423 e. The Morgan fingerprint density at radius 1 is 1.23 bits per heavy atom. The zero-order chi connectivity index (χ0) is 15.7. The molecule has 0 bridgehead atoms. The van der Waals surface area contributed by atoms with Crippen LogP contribution in [-0.4, -0.2) is 11.0 Å². The average molecular weight is 296 g/mol. The lowest BCUT2D eigenvalue weighted by molar-refractivity contribution is 0.0733. The van der Waals surface area contributed by atoms with Crippen LogP contribution in [0, 0.1) is 6.92 Å². The van der Waals surface area contributed by atoms with E-state index >= 15 is 0 Å². The molecular weight excluding hydrogens is 284 g/mol. The Morgan fingerprint density at radius 2 is 1.95 bits per heavy atom. The van der Waals surface area contributed by atoms with E-state index in [4.69, 9.17) is 14.9 Å². The van der Waals surface area contributed by atoms with Crippen molar-refractivity contribution >= 4 is 22.6 Å². The van der Waals surface area contributed by atoms with Crippen molar-refractivity contribution in [3.8, 4) is 5.75 Å². The van der Waals surface area contributed by atoms with Gasteiger partial charge < -0.3 is 14.9 Å². The number of carbonyl (C=O) groups excluding carboxylic acids is 1. The van der Waals surface area contributed by atoms with Gasteiger partial charge in [0.1, 0.15) is 11.3 Å². The van der Waals surface area contributed by atoms with Crippen molar-refractivity contribution in [1.82, 2.24) is 4.98 Å². The third kappa shape index (κ3) is 2.42. The molecule has 6 nitrogen and oxygen atoms in total. The summed E-state index contributed by atoms with van der Waals surface area (Å²) in [5.41, 5.74) is 6.78. The molecule has 0 unspecified atom stereocenters. The maximum Gasteiger partial charge on any atom is 0.343 e. The number of hydrogen-bond donors (Lipinski definition) is 1. The normalized spacial score (nSPS) is 10.6. The fourth-order valence-electron chi connectivity index (χ4n) is 2.12. The van der Waals surface area contributed by atoms with E-state index in [1.54, 1.807) is 31.2 Å².